The fourth-order valence-electron chi connectivity index (χ4n) is 2.71. The van der Waals surface area contributed by atoms with Crippen LogP contribution < -0.4 is 10.6 Å². The molecule has 0 aliphatic carbocycles. The molecule has 1 heterocycles. The van der Waals surface area contributed by atoms with Crippen LogP contribution in [0.3, 0.4) is 0 Å². The zero-order valence-corrected chi connectivity index (χ0v) is 13.4. The lowest BCUT2D eigenvalue weighted by Crippen LogP contribution is -2.37. The Hall–Kier alpha value is -2.95. The number of hydrogen-bond acceptors (Lipinski definition) is 2. The van der Waals surface area contributed by atoms with Gasteiger partial charge in [0.15, 0.2) is 0 Å². The van der Waals surface area contributed by atoms with E-state index in [-0.39, 0.29) is 11.8 Å². The van der Waals surface area contributed by atoms with Gasteiger partial charge in [0.1, 0.15) is 5.75 Å². The van der Waals surface area contributed by atoms with E-state index in [0.717, 1.165) is 22.9 Å². The van der Waals surface area contributed by atoms with Crippen LogP contribution in [0.25, 0.3) is 10.9 Å². The molecule has 3 rings (SSSR count). The number of fused-ring (bicyclic) bond motifs is 1. The van der Waals surface area contributed by atoms with Gasteiger partial charge < -0.3 is 20.7 Å². The smallest absolute Gasteiger partial charge is 0.314 e. The molecule has 5 heteroatoms. The minimum Gasteiger partial charge on any atom is -0.508 e. The maximum absolute atomic E-state index is 11.8. The Morgan fingerprint density at radius 2 is 1.75 bits per heavy atom. The standard InChI is InChI=1S/C19H21N3O2/c23-16-6-7-18-17(12-16)15(13-22-18)9-11-21-19(24)20-10-8-14-4-2-1-3-5-14/h1-7,12-13,22-23H,8-11H2,(H2,20,21,24). The molecule has 2 amide bonds. The first kappa shape index (κ1) is 15.9. The lowest BCUT2D eigenvalue weighted by atomic mass is 10.1. The fourth-order valence-corrected chi connectivity index (χ4v) is 2.71. The summed E-state index contributed by atoms with van der Waals surface area (Å²) in [6, 6.07) is 15.1. The van der Waals surface area contributed by atoms with Crippen LogP contribution in [0.4, 0.5) is 4.79 Å². The van der Waals surface area contributed by atoms with Gasteiger partial charge in [-0.2, -0.15) is 0 Å². The molecule has 0 saturated heterocycles. The molecule has 0 spiro atoms. The third-order valence-corrected chi connectivity index (χ3v) is 3.97. The summed E-state index contributed by atoms with van der Waals surface area (Å²) in [7, 11) is 0. The maximum atomic E-state index is 11.8. The van der Waals surface area contributed by atoms with Crippen molar-refractivity contribution in [2.24, 2.45) is 0 Å². The van der Waals surface area contributed by atoms with E-state index < -0.39 is 0 Å². The van der Waals surface area contributed by atoms with Gasteiger partial charge in [-0.1, -0.05) is 30.3 Å². The quantitative estimate of drug-likeness (QED) is 0.563. The number of carbonyl (C=O) groups excluding carboxylic acids is 1. The molecule has 0 saturated carbocycles. The van der Waals surface area contributed by atoms with Crippen LogP contribution in [0.2, 0.25) is 0 Å². The highest BCUT2D eigenvalue weighted by atomic mass is 16.3. The molecule has 4 N–H and O–H groups in total. The molecule has 0 bridgehead atoms. The molecular formula is C19H21N3O2. The Morgan fingerprint density at radius 1 is 1.00 bits per heavy atom. The Bertz CT molecular complexity index is 812. The van der Waals surface area contributed by atoms with Gasteiger partial charge in [0.2, 0.25) is 0 Å². The zero-order valence-electron chi connectivity index (χ0n) is 13.4. The monoisotopic (exact) mass is 323 g/mol. The first-order valence-corrected chi connectivity index (χ1v) is 8.07. The van der Waals surface area contributed by atoms with E-state index in [4.69, 9.17) is 0 Å². The predicted molar refractivity (Wildman–Crippen MR) is 95.2 cm³/mol. The van der Waals surface area contributed by atoms with Crippen molar-refractivity contribution in [1.29, 1.82) is 0 Å². The van der Waals surface area contributed by atoms with E-state index in [9.17, 15) is 9.90 Å². The fraction of sp³-hybridized carbons (Fsp3) is 0.211. The highest BCUT2D eigenvalue weighted by molar-refractivity contribution is 5.84. The van der Waals surface area contributed by atoms with Gasteiger partial charge in [0, 0.05) is 30.2 Å². The van der Waals surface area contributed by atoms with Crippen molar-refractivity contribution < 1.29 is 9.90 Å². The minimum atomic E-state index is -0.159. The van der Waals surface area contributed by atoms with Crippen LogP contribution in [0.15, 0.2) is 54.7 Å². The third-order valence-electron chi connectivity index (χ3n) is 3.97. The van der Waals surface area contributed by atoms with Gasteiger partial charge in [0.25, 0.3) is 0 Å². The Kier molecular flexibility index (Phi) is 5.01. The number of aromatic hydroxyl groups is 1. The van der Waals surface area contributed by atoms with Crippen molar-refractivity contribution in [3.05, 3.63) is 65.9 Å². The molecule has 3 aromatic rings. The topological polar surface area (TPSA) is 77.2 Å². The lowest BCUT2D eigenvalue weighted by Gasteiger charge is -2.07. The van der Waals surface area contributed by atoms with Gasteiger partial charge in [0.05, 0.1) is 0 Å². The molecule has 24 heavy (non-hydrogen) atoms. The second-order valence-electron chi connectivity index (χ2n) is 5.71. The van der Waals surface area contributed by atoms with E-state index in [0.29, 0.717) is 19.5 Å². The van der Waals surface area contributed by atoms with E-state index in [1.807, 2.05) is 42.6 Å². The van der Waals surface area contributed by atoms with Crippen LogP contribution in [0, 0.1) is 0 Å². The number of aromatic amines is 1. The number of phenolic OH excluding ortho intramolecular Hbond substituents is 1. The number of amides is 2. The van der Waals surface area contributed by atoms with E-state index in [1.54, 1.807) is 12.1 Å². The molecule has 0 aliphatic rings. The van der Waals surface area contributed by atoms with Gasteiger partial charge in [-0.05, 0) is 42.2 Å². The molecule has 0 fully saturated rings. The second kappa shape index (κ2) is 7.55. The summed E-state index contributed by atoms with van der Waals surface area (Å²) in [6.45, 7) is 1.15. The number of phenols is 1. The number of benzene rings is 2. The van der Waals surface area contributed by atoms with Crippen molar-refractivity contribution >= 4 is 16.9 Å². The summed E-state index contributed by atoms with van der Waals surface area (Å²) >= 11 is 0. The van der Waals surface area contributed by atoms with Crippen molar-refractivity contribution in [2.45, 2.75) is 12.8 Å². The largest absolute Gasteiger partial charge is 0.508 e. The molecular weight excluding hydrogens is 302 g/mol. The number of H-pyrrole nitrogens is 1. The molecule has 0 unspecified atom stereocenters. The Morgan fingerprint density at radius 3 is 2.54 bits per heavy atom. The van der Waals surface area contributed by atoms with Gasteiger partial charge in [-0.15, -0.1) is 0 Å². The van der Waals surface area contributed by atoms with Crippen molar-refractivity contribution in [3.8, 4) is 5.75 Å². The van der Waals surface area contributed by atoms with Gasteiger partial charge in [-0.3, -0.25) is 0 Å². The summed E-state index contributed by atoms with van der Waals surface area (Å²) in [5, 5.41) is 16.3. The van der Waals surface area contributed by atoms with Gasteiger partial charge >= 0.3 is 6.03 Å². The number of urea groups is 1. The molecule has 0 atom stereocenters. The number of carbonyl (C=O) groups is 1. The van der Waals surface area contributed by atoms with E-state index >= 15 is 0 Å². The number of rotatable bonds is 6. The zero-order chi connectivity index (χ0) is 16.8. The lowest BCUT2D eigenvalue weighted by molar-refractivity contribution is 0.241. The molecule has 0 radical (unpaired) electrons. The second-order valence-corrected chi connectivity index (χ2v) is 5.71. The van der Waals surface area contributed by atoms with Crippen LogP contribution in [-0.4, -0.2) is 29.2 Å². The average molecular weight is 323 g/mol. The number of aromatic nitrogens is 1. The molecule has 1 aromatic heterocycles. The highest BCUT2D eigenvalue weighted by Crippen LogP contribution is 2.22. The predicted octanol–water partition coefficient (Wildman–Crippen LogP) is 2.96. The number of hydrogen-bond donors (Lipinski definition) is 4. The summed E-state index contributed by atoms with van der Waals surface area (Å²) < 4.78 is 0. The molecule has 124 valence electrons. The van der Waals surface area contributed by atoms with Crippen LogP contribution in [-0.2, 0) is 12.8 Å². The third kappa shape index (κ3) is 4.07. The van der Waals surface area contributed by atoms with Crippen molar-refractivity contribution in [2.75, 3.05) is 13.1 Å². The first-order valence-electron chi connectivity index (χ1n) is 8.07. The summed E-state index contributed by atoms with van der Waals surface area (Å²) in [5.74, 6) is 0.245. The van der Waals surface area contributed by atoms with Crippen molar-refractivity contribution in [1.82, 2.24) is 15.6 Å². The summed E-state index contributed by atoms with van der Waals surface area (Å²) in [5.41, 5.74) is 3.26. The first-order chi connectivity index (χ1) is 11.7. The average Bonchev–Trinajstić information content (AvgIpc) is 2.98. The van der Waals surface area contributed by atoms with Crippen LogP contribution >= 0.6 is 0 Å². The summed E-state index contributed by atoms with van der Waals surface area (Å²) in [6.07, 6.45) is 3.44. The van der Waals surface area contributed by atoms with Gasteiger partial charge in [-0.25, -0.2) is 4.79 Å². The van der Waals surface area contributed by atoms with Crippen molar-refractivity contribution in [3.63, 3.8) is 0 Å². The summed E-state index contributed by atoms with van der Waals surface area (Å²) in [4.78, 5) is 15.0. The van der Waals surface area contributed by atoms with Crippen LogP contribution in [0.1, 0.15) is 11.1 Å². The Labute approximate surface area is 140 Å². The maximum Gasteiger partial charge on any atom is 0.314 e. The van der Waals surface area contributed by atoms with Crippen LogP contribution in [0.5, 0.6) is 5.75 Å². The van der Waals surface area contributed by atoms with E-state index in [2.05, 4.69) is 15.6 Å². The highest BCUT2D eigenvalue weighted by Gasteiger charge is 2.05. The number of nitrogens with one attached hydrogen (secondary N) is 3. The molecule has 0 aliphatic heterocycles. The molecule has 2 aromatic carbocycles. The SMILES string of the molecule is O=C(NCCc1ccccc1)NCCc1c[nH]c2ccc(O)cc12. The normalized spacial score (nSPS) is 10.7. The Balaban J connectivity index is 1.42. The minimum absolute atomic E-state index is 0.159. The van der Waals surface area contributed by atoms with E-state index in [1.165, 1.54) is 5.56 Å². The molecule has 5 nitrogen and oxygen atoms in total.